The summed E-state index contributed by atoms with van der Waals surface area (Å²) in [5.41, 5.74) is 5.16. The summed E-state index contributed by atoms with van der Waals surface area (Å²) in [5, 5.41) is 4.63. The zero-order valence-electron chi connectivity index (χ0n) is 17.6. The van der Waals surface area contributed by atoms with E-state index in [9.17, 15) is 9.59 Å². The second kappa shape index (κ2) is 10.6. The topological polar surface area (TPSA) is 71.0 Å². The van der Waals surface area contributed by atoms with Crippen LogP contribution in [-0.4, -0.2) is 24.6 Å². The Morgan fingerprint density at radius 1 is 1.09 bits per heavy atom. The molecule has 1 fully saturated rings. The maximum atomic E-state index is 12.5. The summed E-state index contributed by atoms with van der Waals surface area (Å²) in [6, 6.07) is 22.3. The summed E-state index contributed by atoms with van der Waals surface area (Å²) in [4.78, 5) is 26.4. The van der Waals surface area contributed by atoms with Crippen molar-refractivity contribution in [3.05, 3.63) is 93.4 Å². The van der Waals surface area contributed by atoms with E-state index in [0.717, 1.165) is 27.0 Å². The van der Waals surface area contributed by atoms with E-state index in [4.69, 9.17) is 16.3 Å². The number of anilines is 1. The molecule has 1 aliphatic rings. The fourth-order valence-corrected chi connectivity index (χ4v) is 3.80. The number of nitrogens with one attached hydrogen (secondary N) is 1. The first-order chi connectivity index (χ1) is 16.0. The molecule has 0 aromatic heterocycles. The van der Waals surface area contributed by atoms with Crippen LogP contribution in [0.5, 0.6) is 5.75 Å². The van der Waals surface area contributed by atoms with E-state index < -0.39 is 5.92 Å². The van der Waals surface area contributed by atoms with Crippen molar-refractivity contribution in [1.82, 2.24) is 5.43 Å². The molecule has 3 aromatic rings. The third-order valence-corrected chi connectivity index (χ3v) is 6.00. The smallest absolute Gasteiger partial charge is 0.245 e. The summed E-state index contributed by atoms with van der Waals surface area (Å²) in [6.45, 7) is 0.788. The Balaban J connectivity index is 1.26. The number of hydrogen-bond acceptors (Lipinski definition) is 4. The predicted molar refractivity (Wildman–Crippen MR) is 133 cm³/mol. The largest absolute Gasteiger partial charge is 0.489 e. The zero-order valence-corrected chi connectivity index (χ0v) is 19.9. The highest BCUT2D eigenvalue weighted by Crippen LogP contribution is 2.26. The van der Waals surface area contributed by atoms with Gasteiger partial charge in [-0.3, -0.25) is 9.59 Å². The Kier molecular flexibility index (Phi) is 7.42. The summed E-state index contributed by atoms with van der Waals surface area (Å²) in [6.07, 6.45) is 1.71. The van der Waals surface area contributed by atoms with Crippen LogP contribution in [0.2, 0.25) is 5.02 Å². The lowest BCUT2D eigenvalue weighted by atomic mass is 10.1. The minimum Gasteiger partial charge on any atom is -0.489 e. The van der Waals surface area contributed by atoms with Crippen molar-refractivity contribution in [1.29, 1.82) is 0 Å². The lowest BCUT2D eigenvalue weighted by Gasteiger charge is -2.16. The number of ether oxygens (including phenoxy) is 1. The van der Waals surface area contributed by atoms with Crippen molar-refractivity contribution >= 4 is 51.2 Å². The molecule has 6 nitrogen and oxygen atoms in total. The molecule has 1 aliphatic heterocycles. The summed E-state index contributed by atoms with van der Waals surface area (Å²) in [7, 11) is 0. The molecule has 0 aliphatic carbocycles. The lowest BCUT2D eigenvalue weighted by Crippen LogP contribution is -2.30. The minimum absolute atomic E-state index is 0.0971. The van der Waals surface area contributed by atoms with Gasteiger partial charge < -0.3 is 9.64 Å². The van der Waals surface area contributed by atoms with Gasteiger partial charge in [0.1, 0.15) is 12.4 Å². The molecule has 1 saturated heterocycles. The van der Waals surface area contributed by atoms with E-state index in [0.29, 0.717) is 18.2 Å². The highest BCUT2D eigenvalue weighted by atomic mass is 79.9. The first-order valence-electron chi connectivity index (χ1n) is 10.3. The van der Waals surface area contributed by atoms with E-state index in [-0.39, 0.29) is 18.2 Å². The van der Waals surface area contributed by atoms with E-state index in [2.05, 4.69) is 26.5 Å². The van der Waals surface area contributed by atoms with Crippen LogP contribution in [-0.2, 0) is 16.2 Å². The van der Waals surface area contributed by atoms with Gasteiger partial charge in [0.2, 0.25) is 11.8 Å². The summed E-state index contributed by atoms with van der Waals surface area (Å²) >= 11 is 9.32. The summed E-state index contributed by atoms with van der Waals surface area (Å²) in [5.74, 6) is -0.101. The number of amides is 2. The van der Waals surface area contributed by atoms with E-state index in [1.807, 2.05) is 48.5 Å². The number of rotatable bonds is 7. The molecule has 0 saturated carbocycles. The average Bonchev–Trinajstić information content (AvgIpc) is 3.22. The molecular weight excluding hydrogens is 506 g/mol. The number of hydrazone groups is 1. The minimum atomic E-state index is -0.459. The zero-order chi connectivity index (χ0) is 23.2. The van der Waals surface area contributed by atoms with Crippen molar-refractivity contribution in [3.8, 4) is 5.75 Å². The molecule has 0 spiro atoms. The second-order valence-corrected chi connectivity index (χ2v) is 8.95. The Hall–Kier alpha value is -3.16. The van der Waals surface area contributed by atoms with Gasteiger partial charge in [0, 0.05) is 28.1 Å². The van der Waals surface area contributed by atoms with Crippen LogP contribution in [0.3, 0.4) is 0 Å². The van der Waals surface area contributed by atoms with Crippen LogP contribution >= 0.6 is 27.5 Å². The number of carbonyl (C=O) groups is 2. The molecule has 0 radical (unpaired) electrons. The highest BCUT2D eigenvalue weighted by molar-refractivity contribution is 9.10. The SMILES string of the molecule is O=C(N/N=C\c1ccc(OCc2ccc(Br)cc2)cc1)[C@H]1CC(=O)N(c2ccc(Cl)cc2)C1. The lowest BCUT2D eigenvalue weighted by molar-refractivity contribution is -0.126. The van der Waals surface area contributed by atoms with Gasteiger partial charge in [-0.2, -0.15) is 5.10 Å². The maximum absolute atomic E-state index is 12.5. The quantitative estimate of drug-likeness (QED) is 0.340. The van der Waals surface area contributed by atoms with Gasteiger partial charge in [-0.25, -0.2) is 5.43 Å². The second-order valence-electron chi connectivity index (χ2n) is 7.60. The third-order valence-electron chi connectivity index (χ3n) is 5.22. The molecule has 3 aromatic carbocycles. The normalized spacial score (nSPS) is 15.8. The molecule has 1 heterocycles. The number of hydrogen-bond donors (Lipinski definition) is 1. The Morgan fingerprint density at radius 3 is 2.48 bits per heavy atom. The predicted octanol–water partition coefficient (Wildman–Crippen LogP) is 5.18. The number of carbonyl (C=O) groups excluding carboxylic acids is 2. The van der Waals surface area contributed by atoms with Gasteiger partial charge in [0.05, 0.1) is 12.1 Å². The molecule has 2 amide bonds. The van der Waals surface area contributed by atoms with Gasteiger partial charge in [0.15, 0.2) is 0 Å². The van der Waals surface area contributed by atoms with E-state index in [1.165, 1.54) is 0 Å². The van der Waals surface area contributed by atoms with Gasteiger partial charge in [-0.1, -0.05) is 39.7 Å². The standard InChI is InChI=1S/C25H21BrClN3O3/c26-20-5-1-18(2-6-20)16-33-23-11-3-17(4-12-23)14-28-29-25(32)19-13-24(31)30(15-19)22-9-7-21(27)8-10-22/h1-12,14,19H,13,15-16H2,(H,29,32)/b28-14-/t19-/m0/s1. The van der Waals surface area contributed by atoms with E-state index in [1.54, 1.807) is 35.4 Å². The number of nitrogens with zero attached hydrogens (tertiary/aromatic N) is 2. The Bertz CT molecular complexity index is 1150. The number of halogens is 2. The monoisotopic (exact) mass is 525 g/mol. The molecule has 0 unspecified atom stereocenters. The molecular formula is C25H21BrClN3O3. The van der Waals surface area contributed by atoms with Crippen LogP contribution in [0, 0.1) is 5.92 Å². The molecule has 1 atom stereocenters. The van der Waals surface area contributed by atoms with E-state index >= 15 is 0 Å². The molecule has 8 heteroatoms. The van der Waals surface area contributed by atoms with Gasteiger partial charge in [-0.15, -0.1) is 0 Å². The van der Waals surface area contributed by atoms with Crippen molar-refractivity contribution < 1.29 is 14.3 Å². The molecule has 168 valence electrons. The fourth-order valence-electron chi connectivity index (χ4n) is 3.41. The molecule has 0 bridgehead atoms. The van der Waals surface area contributed by atoms with Crippen LogP contribution < -0.4 is 15.1 Å². The average molecular weight is 527 g/mol. The maximum Gasteiger partial charge on any atom is 0.245 e. The van der Waals surface area contributed by atoms with Gasteiger partial charge in [0.25, 0.3) is 0 Å². The molecule has 33 heavy (non-hydrogen) atoms. The van der Waals surface area contributed by atoms with Crippen molar-refractivity contribution in [2.75, 3.05) is 11.4 Å². The van der Waals surface area contributed by atoms with Crippen LogP contribution in [0.1, 0.15) is 17.5 Å². The third kappa shape index (κ3) is 6.21. The van der Waals surface area contributed by atoms with Gasteiger partial charge in [-0.05, 0) is 71.8 Å². The van der Waals surface area contributed by atoms with Crippen LogP contribution in [0.25, 0.3) is 0 Å². The van der Waals surface area contributed by atoms with Crippen molar-refractivity contribution in [2.24, 2.45) is 11.0 Å². The fraction of sp³-hybridized carbons (Fsp3) is 0.160. The Morgan fingerprint density at radius 2 is 1.79 bits per heavy atom. The Labute approximate surface area is 205 Å². The summed E-state index contributed by atoms with van der Waals surface area (Å²) < 4.78 is 6.81. The van der Waals surface area contributed by atoms with Crippen molar-refractivity contribution in [2.45, 2.75) is 13.0 Å². The first-order valence-corrected chi connectivity index (χ1v) is 11.5. The highest BCUT2D eigenvalue weighted by Gasteiger charge is 2.35. The van der Waals surface area contributed by atoms with Crippen molar-refractivity contribution in [3.63, 3.8) is 0 Å². The first kappa shape index (κ1) is 23.0. The van der Waals surface area contributed by atoms with Crippen LogP contribution in [0.15, 0.2) is 82.4 Å². The molecule has 1 N–H and O–H groups in total. The van der Waals surface area contributed by atoms with Crippen LogP contribution in [0.4, 0.5) is 5.69 Å². The van der Waals surface area contributed by atoms with Gasteiger partial charge >= 0.3 is 0 Å². The molecule has 4 rings (SSSR count). The number of benzene rings is 3.